The topological polar surface area (TPSA) is 61.2 Å². The summed E-state index contributed by atoms with van der Waals surface area (Å²) in [4.78, 5) is 12.8. The van der Waals surface area contributed by atoms with Crippen molar-refractivity contribution in [2.45, 2.75) is 30.6 Å². The van der Waals surface area contributed by atoms with Crippen LogP contribution >= 0.6 is 0 Å². The van der Waals surface area contributed by atoms with Gasteiger partial charge in [0.2, 0.25) is 0 Å². The van der Waals surface area contributed by atoms with Crippen LogP contribution in [0, 0.1) is 0 Å². The van der Waals surface area contributed by atoms with Crippen molar-refractivity contribution >= 4 is 22.6 Å². The van der Waals surface area contributed by atoms with Gasteiger partial charge in [-0.25, -0.2) is 0 Å². The Morgan fingerprint density at radius 3 is 2.20 bits per heavy atom. The maximum absolute atomic E-state index is 13.1. The van der Waals surface area contributed by atoms with E-state index >= 15 is 0 Å². The van der Waals surface area contributed by atoms with Gasteiger partial charge in [-0.1, -0.05) is 30.3 Å². The van der Waals surface area contributed by atoms with Gasteiger partial charge in [-0.15, -0.1) is 0 Å². The molecule has 0 amide bonds. The van der Waals surface area contributed by atoms with Crippen molar-refractivity contribution in [2.24, 2.45) is 4.99 Å². The van der Waals surface area contributed by atoms with Crippen LogP contribution in [0.2, 0.25) is 0 Å². The van der Waals surface area contributed by atoms with Crippen LogP contribution in [0.5, 0.6) is 0 Å². The van der Waals surface area contributed by atoms with E-state index in [1.807, 2.05) is 24.3 Å². The number of alkyl halides is 3. The Bertz CT molecular complexity index is 1080. The molecular weight excluding hydrogens is 411 g/mol. The molecule has 1 atom stereocenters. The second kappa shape index (κ2) is 8.20. The van der Waals surface area contributed by atoms with Gasteiger partial charge >= 0.3 is 11.3 Å². The predicted octanol–water partition coefficient (Wildman–Crippen LogP) is 5.36. The third-order valence-corrected chi connectivity index (χ3v) is 5.69. The van der Waals surface area contributed by atoms with Crippen LogP contribution in [0.15, 0.2) is 65.0 Å². The van der Waals surface area contributed by atoms with Gasteiger partial charge in [0.25, 0.3) is 0 Å². The molecule has 1 unspecified atom stereocenters. The standard InChI is InChI=1S/C22H18F3N3OS/c1-30(29)21-26-12-17(13-27-21)14-5-7-16(8-6-14)19-4-2-3-15-9-10-18(22(23,24)25)11-20(15)28-19/h5-13H,2-4H2,1H3. The molecule has 3 aromatic rings. The average molecular weight is 429 g/mol. The highest BCUT2D eigenvalue weighted by atomic mass is 32.2. The lowest BCUT2D eigenvalue weighted by molar-refractivity contribution is -0.137. The third-order valence-electron chi connectivity index (χ3n) is 4.96. The summed E-state index contributed by atoms with van der Waals surface area (Å²) in [6.45, 7) is 0. The first kappa shape index (κ1) is 20.6. The summed E-state index contributed by atoms with van der Waals surface area (Å²) in [5, 5.41) is 0.278. The second-order valence-electron chi connectivity index (χ2n) is 7.04. The Morgan fingerprint density at radius 1 is 0.900 bits per heavy atom. The zero-order valence-electron chi connectivity index (χ0n) is 16.1. The number of hydrogen-bond acceptors (Lipinski definition) is 4. The molecule has 0 N–H and O–H groups in total. The number of benzene rings is 2. The number of aryl methyl sites for hydroxylation is 1. The molecule has 154 valence electrons. The SMILES string of the molecule is C[S+]([O-])c1ncc(-c2ccc(C3=Nc4cc(C(F)(F)F)ccc4CCC3)cc2)cn1. The van der Waals surface area contributed by atoms with E-state index in [0.29, 0.717) is 18.5 Å². The highest BCUT2D eigenvalue weighted by Crippen LogP contribution is 2.35. The minimum Gasteiger partial charge on any atom is -0.609 e. The minimum atomic E-state index is -4.39. The molecule has 0 spiro atoms. The Hall–Kier alpha value is -2.71. The fourth-order valence-corrected chi connectivity index (χ4v) is 3.78. The van der Waals surface area contributed by atoms with Gasteiger partial charge in [0.05, 0.1) is 11.3 Å². The molecule has 1 aliphatic rings. The van der Waals surface area contributed by atoms with Crippen LogP contribution in [0.1, 0.15) is 29.5 Å². The van der Waals surface area contributed by atoms with E-state index in [9.17, 15) is 17.7 Å². The molecule has 1 aliphatic heterocycles. The molecule has 30 heavy (non-hydrogen) atoms. The lowest BCUT2D eigenvalue weighted by Crippen LogP contribution is -2.04. The van der Waals surface area contributed by atoms with Crippen molar-refractivity contribution in [1.29, 1.82) is 0 Å². The van der Waals surface area contributed by atoms with E-state index < -0.39 is 22.9 Å². The lowest BCUT2D eigenvalue weighted by Gasteiger charge is -2.10. The summed E-state index contributed by atoms with van der Waals surface area (Å²) in [7, 11) is 0. The first-order chi connectivity index (χ1) is 14.3. The van der Waals surface area contributed by atoms with Crippen molar-refractivity contribution in [1.82, 2.24) is 9.97 Å². The smallest absolute Gasteiger partial charge is 0.416 e. The molecule has 0 saturated heterocycles. The highest BCUT2D eigenvalue weighted by Gasteiger charge is 2.31. The summed E-state index contributed by atoms with van der Waals surface area (Å²) in [6, 6.07) is 11.4. The largest absolute Gasteiger partial charge is 0.609 e. The summed E-state index contributed by atoms with van der Waals surface area (Å²) >= 11 is -1.24. The summed E-state index contributed by atoms with van der Waals surface area (Å²) < 4.78 is 50.7. The number of aromatic nitrogens is 2. The van der Waals surface area contributed by atoms with Crippen molar-refractivity contribution in [3.63, 3.8) is 0 Å². The molecule has 4 rings (SSSR count). The molecular formula is C22H18F3N3OS. The number of aliphatic imine (C=N–C) groups is 1. The summed E-state index contributed by atoms with van der Waals surface area (Å²) in [5.74, 6) is 0. The molecule has 4 nitrogen and oxygen atoms in total. The van der Waals surface area contributed by atoms with Gasteiger partial charge < -0.3 is 4.55 Å². The van der Waals surface area contributed by atoms with Gasteiger partial charge in [0.15, 0.2) is 0 Å². The van der Waals surface area contributed by atoms with Crippen molar-refractivity contribution in [3.05, 3.63) is 71.5 Å². The lowest BCUT2D eigenvalue weighted by atomic mass is 10.0. The summed E-state index contributed by atoms with van der Waals surface area (Å²) in [6.07, 6.45) is 2.58. The van der Waals surface area contributed by atoms with Crippen molar-refractivity contribution < 1.29 is 17.7 Å². The number of nitrogens with zero attached hydrogens (tertiary/aromatic N) is 3. The van der Waals surface area contributed by atoms with E-state index in [2.05, 4.69) is 15.0 Å². The van der Waals surface area contributed by atoms with Gasteiger partial charge in [-0.05, 0) is 48.1 Å². The maximum Gasteiger partial charge on any atom is 0.416 e. The quantitative estimate of drug-likeness (QED) is 0.416. The molecule has 0 fully saturated rings. The number of rotatable bonds is 3. The van der Waals surface area contributed by atoms with Crippen LogP contribution in [-0.2, 0) is 23.8 Å². The monoisotopic (exact) mass is 429 g/mol. The Kier molecular flexibility index (Phi) is 5.62. The zero-order valence-corrected chi connectivity index (χ0v) is 16.9. The second-order valence-corrected chi connectivity index (χ2v) is 8.31. The fraction of sp³-hybridized carbons (Fsp3) is 0.227. The van der Waals surface area contributed by atoms with Gasteiger partial charge in [-0.2, -0.15) is 23.1 Å². The molecule has 0 aliphatic carbocycles. The fourth-order valence-electron chi connectivity index (χ4n) is 3.38. The van der Waals surface area contributed by atoms with Crippen LogP contribution in [0.25, 0.3) is 11.1 Å². The van der Waals surface area contributed by atoms with E-state index in [-0.39, 0.29) is 5.16 Å². The number of halogens is 3. The van der Waals surface area contributed by atoms with E-state index in [1.165, 1.54) is 12.3 Å². The Labute approximate surface area is 175 Å². The molecule has 1 aromatic heterocycles. The van der Waals surface area contributed by atoms with Gasteiger partial charge in [0.1, 0.15) is 6.26 Å². The van der Waals surface area contributed by atoms with E-state index in [0.717, 1.165) is 46.5 Å². The third kappa shape index (κ3) is 4.39. The molecule has 2 heterocycles. The normalized spacial score (nSPS) is 15.2. The van der Waals surface area contributed by atoms with Crippen LogP contribution in [0.4, 0.5) is 18.9 Å². The molecule has 0 bridgehead atoms. The van der Waals surface area contributed by atoms with Gasteiger partial charge in [-0.3, -0.25) is 4.99 Å². The number of fused-ring (bicyclic) bond motifs is 1. The van der Waals surface area contributed by atoms with Crippen LogP contribution in [-0.4, -0.2) is 26.5 Å². The van der Waals surface area contributed by atoms with Crippen molar-refractivity contribution in [2.75, 3.05) is 6.26 Å². The predicted molar refractivity (Wildman–Crippen MR) is 110 cm³/mol. The van der Waals surface area contributed by atoms with Gasteiger partial charge in [0, 0.05) is 34.8 Å². The van der Waals surface area contributed by atoms with E-state index in [4.69, 9.17) is 0 Å². The average Bonchev–Trinajstić information content (AvgIpc) is 2.95. The maximum atomic E-state index is 13.1. The molecule has 0 saturated carbocycles. The molecule has 8 heteroatoms. The highest BCUT2D eigenvalue weighted by molar-refractivity contribution is 7.90. The van der Waals surface area contributed by atoms with E-state index in [1.54, 1.807) is 12.4 Å². The molecule has 0 radical (unpaired) electrons. The number of hydrogen-bond donors (Lipinski definition) is 0. The van der Waals surface area contributed by atoms with Crippen LogP contribution in [0.3, 0.4) is 0 Å². The van der Waals surface area contributed by atoms with Crippen molar-refractivity contribution in [3.8, 4) is 11.1 Å². The Balaban J connectivity index is 1.63. The molecule has 2 aromatic carbocycles. The van der Waals surface area contributed by atoms with Crippen LogP contribution < -0.4 is 0 Å². The summed E-state index contributed by atoms with van der Waals surface area (Å²) in [5.41, 5.74) is 3.86. The zero-order chi connectivity index (χ0) is 21.3. The minimum absolute atomic E-state index is 0.278. The first-order valence-corrected chi connectivity index (χ1v) is 10.9. The Morgan fingerprint density at radius 2 is 1.57 bits per heavy atom. The first-order valence-electron chi connectivity index (χ1n) is 9.35.